The second-order valence-corrected chi connectivity index (χ2v) is 5.46. The molecule has 0 saturated heterocycles. The summed E-state index contributed by atoms with van der Waals surface area (Å²) in [6.45, 7) is 4.85. The van der Waals surface area contributed by atoms with E-state index in [1.807, 2.05) is 11.7 Å². The van der Waals surface area contributed by atoms with Gasteiger partial charge in [-0.3, -0.25) is 0 Å². The van der Waals surface area contributed by atoms with Gasteiger partial charge < -0.3 is 10.2 Å². The third-order valence-corrected chi connectivity index (χ3v) is 4.25. The van der Waals surface area contributed by atoms with Crippen LogP contribution in [0.2, 0.25) is 0 Å². The third kappa shape index (κ3) is 2.78. The standard InChI is InChI=1S/C16H23N5/c1-3-21-16(18-12-19-21)11-20-10-6-8-14(17-2)13-7-4-5-9-15(13)20/h4-5,7,9,12,14,17H,3,6,8,10-11H2,1-2H3. The Bertz CT molecular complexity index is 592. The number of aryl methyl sites for hydroxylation is 1. The van der Waals surface area contributed by atoms with E-state index in [1.54, 1.807) is 6.33 Å². The Morgan fingerprint density at radius 3 is 3.00 bits per heavy atom. The van der Waals surface area contributed by atoms with Crippen LogP contribution >= 0.6 is 0 Å². The lowest BCUT2D eigenvalue weighted by Crippen LogP contribution is -2.26. The first-order valence-corrected chi connectivity index (χ1v) is 7.71. The molecular formula is C16H23N5. The van der Waals surface area contributed by atoms with E-state index in [0.717, 1.165) is 25.5 Å². The second-order valence-electron chi connectivity index (χ2n) is 5.46. The first kappa shape index (κ1) is 14.1. The van der Waals surface area contributed by atoms with Gasteiger partial charge in [0.05, 0.1) is 6.54 Å². The van der Waals surface area contributed by atoms with E-state index in [4.69, 9.17) is 0 Å². The SMILES string of the molecule is CCn1ncnc1CN1CCCC(NC)c2ccccc21. The van der Waals surface area contributed by atoms with Gasteiger partial charge in [0.25, 0.3) is 0 Å². The maximum absolute atomic E-state index is 4.42. The highest BCUT2D eigenvalue weighted by atomic mass is 15.3. The molecule has 1 aromatic carbocycles. The van der Waals surface area contributed by atoms with E-state index >= 15 is 0 Å². The highest BCUT2D eigenvalue weighted by Gasteiger charge is 2.22. The molecule has 2 heterocycles. The van der Waals surface area contributed by atoms with Gasteiger partial charge in [0.15, 0.2) is 0 Å². The molecule has 1 atom stereocenters. The zero-order chi connectivity index (χ0) is 14.7. The zero-order valence-corrected chi connectivity index (χ0v) is 12.8. The second kappa shape index (κ2) is 6.26. The average Bonchev–Trinajstić information content (AvgIpc) is 2.89. The summed E-state index contributed by atoms with van der Waals surface area (Å²) in [5.41, 5.74) is 2.71. The zero-order valence-electron chi connectivity index (χ0n) is 12.8. The fourth-order valence-corrected chi connectivity index (χ4v) is 3.14. The Morgan fingerprint density at radius 2 is 2.19 bits per heavy atom. The van der Waals surface area contributed by atoms with Crippen molar-refractivity contribution in [1.29, 1.82) is 0 Å². The van der Waals surface area contributed by atoms with Crippen LogP contribution in [-0.2, 0) is 13.1 Å². The van der Waals surface area contributed by atoms with Crippen LogP contribution in [0.25, 0.3) is 0 Å². The number of nitrogens with zero attached hydrogens (tertiary/aromatic N) is 4. The monoisotopic (exact) mass is 285 g/mol. The van der Waals surface area contributed by atoms with Crippen LogP contribution in [0, 0.1) is 0 Å². The number of benzene rings is 1. The number of aromatic nitrogens is 3. The number of rotatable bonds is 4. The molecule has 0 amide bonds. The van der Waals surface area contributed by atoms with E-state index < -0.39 is 0 Å². The highest BCUT2D eigenvalue weighted by Crippen LogP contribution is 2.33. The molecule has 2 aromatic rings. The van der Waals surface area contributed by atoms with Gasteiger partial charge in [-0.05, 0) is 38.4 Å². The molecule has 0 saturated carbocycles. The summed E-state index contributed by atoms with van der Waals surface area (Å²) in [6.07, 6.45) is 4.00. The molecule has 5 heteroatoms. The van der Waals surface area contributed by atoms with Crippen molar-refractivity contribution in [2.75, 3.05) is 18.5 Å². The van der Waals surface area contributed by atoms with Gasteiger partial charge in [0.1, 0.15) is 12.2 Å². The molecule has 1 N–H and O–H groups in total. The molecule has 1 aliphatic heterocycles. The number of nitrogens with one attached hydrogen (secondary N) is 1. The molecule has 5 nitrogen and oxygen atoms in total. The fraction of sp³-hybridized carbons (Fsp3) is 0.500. The van der Waals surface area contributed by atoms with Crippen molar-refractivity contribution in [2.45, 2.75) is 38.9 Å². The van der Waals surface area contributed by atoms with Crippen LogP contribution < -0.4 is 10.2 Å². The van der Waals surface area contributed by atoms with Crippen molar-refractivity contribution >= 4 is 5.69 Å². The van der Waals surface area contributed by atoms with Crippen molar-refractivity contribution in [2.24, 2.45) is 0 Å². The number of hydrogen-bond acceptors (Lipinski definition) is 4. The van der Waals surface area contributed by atoms with Crippen molar-refractivity contribution in [3.63, 3.8) is 0 Å². The Kier molecular flexibility index (Phi) is 4.20. The van der Waals surface area contributed by atoms with Gasteiger partial charge >= 0.3 is 0 Å². The summed E-state index contributed by atoms with van der Waals surface area (Å²) in [4.78, 5) is 6.85. The summed E-state index contributed by atoms with van der Waals surface area (Å²) in [7, 11) is 2.05. The number of hydrogen-bond donors (Lipinski definition) is 1. The molecule has 112 valence electrons. The third-order valence-electron chi connectivity index (χ3n) is 4.25. The lowest BCUT2D eigenvalue weighted by atomic mass is 10.0. The summed E-state index contributed by atoms with van der Waals surface area (Å²) in [5, 5.41) is 7.72. The van der Waals surface area contributed by atoms with E-state index in [0.29, 0.717) is 6.04 Å². The van der Waals surface area contributed by atoms with Crippen molar-refractivity contribution in [3.8, 4) is 0 Å². The van der Waals surface area contributed by atoms with E-state index in [1.165, 1.54) is 24.1 Å². The number of anilines is 1. The van der Waals surface area contributed by atoms with Crippen LogP contribution in [0.1, 0.15) is 37.2 Å². The van der Waals surface area contributed by atoms with Crippen molar-refractivity contribution < 1.29 is 0 Å². The quantitative estimate of drug-likeness (QED) is 0.936. The smallest absolute Gasteiger partial charge is 0.146 e. The summed E-state index contributed by atoms with van der Waals surface area (Å²) >= 11 is 0. The first-order chi connectivity index (χ1) is 10.3. The molecule has 0 bridgehead atoms. The minimum absolute atomic E-state index is 0.440. The minimum Gasteiger partial charge on any atom is -0.364 e. The molecule has 1 unspecified atom stereocenters. The molecular weight excluding hydrogens is 262 g/mol. The summed E-state index contributed by atoms with van der Waals surface area (Å²) < 4.78 is 1.98. The maximum atomic E-state index is 4.42. The lowest BCUT2D eigenvalue weighted by molar-refractivity contribution is 0.539. The van der Waals surface area contributed by atoms with Crippen molar-refractivity contribution in [3.05, 3.63) is 42.0 Å². The molecule has 1 aromatic heterocycles. The normalized spacial score (nSPS) is 18.4. The van der Waals surface area contributed by atoms with E-state index in [9.17, 15) is 0 Å². The van der Waals surface area contributed by atoms with Gasteiger partial charge in [-0.1, -0.05) is 18.2 Å². The minimum atomic E-state index is 0.440. The lowest BCUT2D eigenvalue weighted by Gasteiger charge is -2.25. The Hall–Kier alpha value is -1.88. The van der Waals surface area contributed by atoms with Gasteiger partial charge in [0.2, 0.25) is 0 Å². The molecule has 0 radical (unpaired) electrons. The fourth-order valence-electron chi connectivity index (χ4n) is 3.14. The predicted octanol–water partition coefficient (Wildman–Crippen LogP) is 2.36. The maximum Gasteiger partial charge on any atom is 0.146 e. The van der Waals surface area contributed by atoms with Gasteiger partial charge in [0, 0.05) is 24.8 Å². The topological polar surface area (TPSA) is 46.0 Å². The molecule has 21 heavy (non-hydrogen) atoms. The first-order valence-electron chi connectivity index (χ1n) is 7.71. The molecule has 1 aliphatic rings. The molecule has 0 aliphatic carbocycles. The predicted molar refractivity (Wildman–Crippen MR) is 84.2 cm³/mol. The largest absolute Gasteiger partial charge is 0.364 e. The van der Waals surface area contributed by atoms with Crippen LogP contribution in [-0.4, -0.2) is 28.4 Å². The van der Waals surface area contributed by atoms with Crippen molar-refractivity contribution in [1.82, 2.24) is 20.1 Å². The average molecular weight is 285 g/mol. The Labute approximate surface area is 126 Å². The van der Waals surface area contributed by atoms with Crippen LogP contribution in [0.4, 0.5) is 5.69 Å². The van der Waals surface area contributed by atoms with Crippen LogP contribution in [0.5, 0.6) is 0 Å². The number of para-hydroxylation sites is 1. The summed E-state index contributed by atoms with van der Waals surface area (Å²) in [6, 6.07) is 9.14. The number of fused-ring (bicyclic) bond motifs is 1. The highest BCUT2D eigenvalue weighted by molar-refractivity contribution is 5.55. The van der Waals surface area contributed by atoms with Crippen LogP contribution in [0.3, 0.4) is 0 Å². The molecule has 3 rings (SSSR count). The molecule has 0 spiro atoms. The van der Waals surface area contributed by atoms with Gasteiger partial charge in [-0.25, -0.2) is 9.67 Å². The van der Waals surface area contributed by atoms with Gasteiger partial charge in [-0.2, -0.15) is 5.10 Å². The van der Waals surface area contributed by atoms with E-state index in [-0.39, 0.29) is 0 Å². The Balaban J connectivity index is 1.91. The summed E-state index contributed by atoms with van der Waals surface area (Å²) in [5.74, 6) is 1.04. The molecule has 0 fully saturated rings. The Morgan fingerprint density at radius 1 is 1.33 bits per heavy atom. The van der Waals surface area contributed by atoms with E-state index in [2.05, 4.69) is 51.5 Å². The van der Waals surface area contributed by atoms with Gasteiger partial charge in [-0.15, -0.1) is 0 Å². The van der Waals surface area contributed by atoms with Crippen LogP contribution in [0.15, 0.2) is 30.6 Å².